The van der Waals surface area contributed by atoms with Crippen molar-refractivity contribution in [3.05, 3.63) is 24.6 Å². The summed E-state index contributed by atoms with van der Waals surface area (Å²) < 4.78 is 1.86. The molecule has 0 saturated heterocycles. The first-order chi connectivity index (χ1) is 4.47. The van der Waals surface area contributed by atoms with Gasteiger partial charge in [-0.15, -0.1) is 0 Å². The van der Waals surface area contributed by atoms with E-state index in [0.29, 0.717) is 0 Å². The molecular weight excluding hydrogens is 113 g/mol. The Morgan fingerprint density at radius 3 is 3.33 bits per heavy atom. The van der Waals surface area contributed by atoms with Crippen LogP contribution in [0, 0.1) is 0 Å². The normalized spacial score (nSPS) is 9.78. The zero-order valence-corrected chi connectivity index (χ0v) is 4.73. The van der Waals surface area contributed by atoms with Gasteiger partial charge in [0.2, 0.25) is 0 Å². The minimum absolute atomic E-state index is 0.748. The van der Waals surface area contributed by atoms with Crippen LogP contribution in [0.5, 0.6) is 0 Å². The molecule has 0 amide bonds. The molecule has 0 aliphatic heterocycles. The number of hydrogen-bond donors (Lipinski definition) is 0. The van der Waals surface area contributed by atoms with Gasteiger partial charge < -0.3 is 0 Å². The second kappa shape index (κ2) is 1.65. The Morgan fingerprint density at radius 2 is 2.44 bits per heavy atom. The molecule has 0 unspecified atom stereocenters. The maximum absolute atomic E-state index is 3.99. The summed E-state index contributed by atoms with van der Waals surface area (Å²) in [6.07, 6.45) is 5.50. The van der Waals surface area contributed by atoms with Crippen LogP contribution in [0.2, 0.25) is 0 Å². The van der Waals surface area contributed by atoms with Crippen molar-refractivity contribution < 1.29 is 0 Å². The van der Waals surface area contributed by atoms with Gasteiger partial charge >= 0.3 is 51.7 Å². The predicted molar refractivity (Wildman–Crippen MR) is 34.3 cm³/mol. The van der Waals surface area contributed by atoms with Crippen LogP contribution in [-0.2, 0) is 0 Å². The Hall–Kier alpha value is -1.19. The topological polar surface area (TPSA) is 30.2 Å². The number of rotatable bonds is 0. The summed E-state index contributed by atoms with van der Waals surface area (Å²) in [6.45, 7) is 0. The van der Waals surface area contributed by atoms with Crippen LogP contribution < -0.4 is 0 Å². The number of aromatic nitrogens is 3. The second-order valence-electron chi connectivity index (χ2n) is 1.75. The summed E-state index contributed by atoms with van der Waals surface area (Å²) in [5, 5.41) is 0. The van der Waals surface area contributed by atoms with Crippen molar-refractivity contribution in [3.63, 3.8) is 0 Å². The molecule has 2 rings (SSSR count). The van der Waals surface area contributed by atoms with Crippen LogP contribution in [0.4, 0.5) is 0 Å². The zero-order valence-electron chi connectivity index (χ0n) is 4.73. The van der Waals surface area contributed by atoms with E-state index in [9.17, 15) is 0 Å². The third kappa shape index (κ3) is 0.632. The van der Waals surface area contributed by atoms with Gasteiger partial charge in [0.1, 0.15) is 0 Å². The van der Waals surface area contributed by atoms with E-state index in [1.54, 1.807) is 13.2 Å². The average molecular weight is 117 g/mol. The van der Waals surface area contributed by atoms with Crippen LogP contribution in [0.25, 0.3) is 5.78 Å². The van der Waals surface area contributed by atoms with Crippen LogP contribution >= 0.6 is 0 Å². The molecule has 0 bridgehead atoms. The number of fused-ring (bicyclic) bond motifs is 1. The Bertz CT molecular complexity index is 286. The molecule has 2 aromatic rings. The first-order valence-corrected chi connectivity index (χ1v) is 2.70. The predicted octanol–water partition coefficient (Wildman–Crippen LogP) is 0.0674. The fraction of sp³-hybridized carbons (Fsp3) is 0. The molecule has 3 nitrogen and oxygen atoms in total. The van der Waals surface area contributed by atoms with Gasteiger partial charge in [-0.2, -0.15) is 0 Å². The first-order valence-electron chi connectivity index (χ1n) is 2.70. The Kier molecular flexibility index (Phi) is 0.857. The molecule has 2 aromatic heterocycles. The van der Waals surface area contributed by atoms with Gasteiger partial charge in [-0.3, -0.25) is 0 Å². The van der Waals surface area contributed by atoms with Crippen molar-refractivity contribution in [1.82, 2.24) is 14.3 Å². The van der Waals surface area contributed by atoms with Gasteiger partial charge in [0, 0.05) is 0 Å². The van der Waals surface area contributed by atoms with Gasteiger partial charge in [-0.25, -0.2) is 0 Å². The average Bonchev–Trinajstić information content (AvgIpc) is 2.33. The molecule has 2 heterocycles. The third-order valence-corrected chi connectivity index (χ3v) is 1.17. The molecule has 9 heavy (non-hydrogen) atoms. The molecule has 0 atom stereocenters. The van der Waals surface area contributed by atoms with Gasteiger partial charge in [0.25, 0.3) is 0 Å². The quantitative estimate of drug-likeness (QED) is 0.488. The van der Waals surface area contributed by atoms with Crippen molar-refractivity contribution in [2.24, 2.45) is 0 Å². The monoisotopic (exact) mass is 117 g/mol. The van der Waals surface area contributed by atoms with E-state index < -0.39 is 0 Å². The summed E-state index contributed by atoms with van der Waals surface area (Å²) in [5.41, 5.74) is 0. The fourth-order valence-corrected chi connectivity index (χ4v) is 0.762. The van der Waals surface area contributed by atoms with E-state index in [2.05, 4.69) is 9.88 Å². The zero-order chi connectivity index (χ0) is 6.10. The van der Waals surface area contributed by atoms with E-state index in [-0.39, 0.29) is 0 Å². The van der Waals surface area contributed by atoms with E-state index in [0.717, 1.165) is 5.78 Å². The van der Waals surface area contributed by atoms with Gasteiger partial charge in [0.15, 0.2) is 0 Å². The molecule has 0 spiro atoms. The van der Waals surface area contributed by atoms with E-state index >= 15 is 0 Å². The maximum atomic E-state index is 3.99. The summed E-state index contributed by atoms with van der Waals surface area (Å²) in [4.78, 5) is 7.96. The van der Waals surface area contributed by atoms with Crippen LogP contribution in [-0.4, -0.2) is 21.3 Å². The van der Waals surface area contributed by atoms with Gasteiger partial charge in [-0.05, 0) is 0 Å². The van der Waals surface area contributed by atoms with Gasteiger partial charge in [0.05, 0.1) is 0 Å². The SMILES string of the molecule is b1ccn2ccnc2n1. The van der Waals surface area contributed by atoms with Crippen molar-refractivity contribution in [1.29, 1.82) is 0 Å². The van der Waals surface area contributed by atoms with E-state index in [4.69, 9.17) is 0 Å². The molecule has 0 aliphatic rings. The van der Waals surface area contributed by atoms with Crippen LogP contribution in [0.15, 0.2) is 24.6 Å². The molecule has 0 fully saturated rings. The number of nitrogens with zero attached hydrogens (tertiary/aromatic N) is 3. The molecule has 4 heteroatoms. The molecular formula is C5H4BN3. The first kappa shape index (κ1) is 4.67. The third-order valence-electron chi connectivity index (χ3n) is 1.17. The van der Waals surface area contributed by atoms with E-state index in [1.807, 2.05) is 22.8 Å². The van der Waals surface area contributed by atoms with Crippen molar-refractivity contribution in [2.45, 2.75) is 0 Å². The Balaban J connectivity index is 2.95. The minimum atomic E-state index is 0.748. The standard InChI is InChI=1S/C5H4BN3/c1-3-9-4-2-7-5(9)8-6-1/h1-4H. The summed E-state index contributed by atoms with van der Waals surface area (Å²) in [5.74, 6) is 2.62. The molecule has 0 aliphatic carbocycles. The van der Waals surface area contributed by atoms with E-state index in [1.165, 1.54) is 0 Å². The molecule has 0 radical (unpaired) electrons. The molecule has 0 saturated carbocycles. The Labute approximate surface area is 52.6 Å². The molecule has 0 N–H and O–H groups in total. The van der Waals surface area contributed by atoms with Crippen molar-refractivity contribution in [2.75, 3.05) is 0 Å². The van der Waals surface area contributed by atoms with Crippen molar-refractivity contribution in [3.8, 4) is 0 Å². The van der Waals surface area contributed by atoms with Gasteiger partial charge in [-0.1, -0.05) is 0 Å². The number of hydrogen-bond acceptors (Lipinski definition) is 2. The van der Waals surface area contributed by atoms with Crippen LogP contribution in [0.1, 0.15) is 0 Å². The second-order valence-corrected chi connectivity index (χ2v) is 1.75. The Morgan fingerprint density at radius 1 is 1.44 bits per heavy atom. The fourth-order valence-electron chi connectivity index (χ4n) is 0.762. The van der Waals surface area contributed by atoms with Crippen molar-refractivity contribution >= 4 is 12.8 Å². The molecule has 42 valence electrons. The summed E-state index contributed by atoms with van der Waals surface area (Å²) in [6, 6.07) is 0. The summed E-state index contributed by atoms with van der Waals surface area (Å²) >= 11 is 0. The van der Waals surface area contributed by atoms with Crippen LogP contribution in [0.3, 0.4) is 0 Å². The summed E-state index contributed by atoms with van der Waals surface area (Å²) in [7, 11) is 1.72. The number of imidazole rings is 1. The molecule has 0 aromatic carbocycles.